The Labute approximate surface area is 185 Å². The minimum atomic E-state index is -3.19. The van der Waals surface area contributed by atoms with Gasteiger partial charge in [-0.15, -0.1) is 0 Å². The standard InChI is InChI=1S/C23H24FN2O5P/c1-3-29-32(28,30-4-2)16-17-5-12-21(13-6-17)26-22(27)14-9-19-15-25-31-23(19)18-7-10-20(24)11-8-18/h5-15H,3-4,16H2,1-2H3,(H,26,27)/b14-9+. The predicted octanol–water partition coefficient (Wildman–Crippen LogP) is 5.90. The van der Waals surface area contributed by atoms with Crippen molar-refractivity contribution in [2.45, 2.75) is 20.0 Å². The second kappa shape index (κ2) is 11.0. The molecule has 168 valence electrons. The van der Waals surface area contributed by atoms with Crippen molar-refractivity contribution in [2.24, 2.45) is 0 Å². The first-order valence-electron chi connectivity index (χ1n) is 10.1. The van der Waals surface area contributed by atoms with Crippen LogP contribution in [0.4, 0.5) is 10.1 Å². The van der Waals surface area contributed by atoms with Gasteiger partial charge in [-0.2, -0.15) is 0 Å². The molecule has 0 saturated carbocycles. The smallest absolute Gasteiger partial charge is 0.335 e. The van der Waals surface area contributed by atoms with E-state index in [4.69, 9.17) is 13.6 Å². The van der Waals surface area contributed by atoms with Crippen LogP contribution in [0.2, 0.25) is 0 Å². The first-order chi connectivity index (χ1) is 15.4. The summed E-state index contributed by atoms with van der Waals surface area (Å²) in [5.74, 6) is -0.265. The maximum atomic E-state index is 13.1. The number of aromatic nitrogens is 1. The van der Waals surface area contributed by atoms with E-state index in [1.54, 1.807) is 56.3 Å². The number of hydrogen-bond donors (Lipinski definition) is 1. The molecule has 0 aliphatic heterocycles. The van der Waals surface area contributed by atoms with Crippen LogP contribution in [0.1, 0.15) is 25.0 Å². The van der Waals surface area contributed by atoms with E-state index < -0.39 is 7.60 Å². The molecular formula is C23H24FN2O5P. The highest BCUT2D eigenvalue weighted by molar-refractivity contribution is 7.53. The zero-order chi connectivity index (χ0) is 23.0. The molecule has 0 bridgehead atoms. The summed E-state index contributed by atoms with van der Waals surface area (Å²) in [6, 6.07) is 12.7. The quantitative estimate of drug-likeness (QED) is 0.301. The predicted molar refractivity (Wildman–Crippen MR) is 121 cm³/mol. The largest absolute Gasteiger partial charge is 0.356 e. The number of anilines is 1. The molecule has 9 heteroatoms. The van der Waals surface area contributed by atoms with Crippen molar-refractivity contribution in [1.82, 2.24) is 5.16 Å². The number of carbonyl (C=O) groups is 1. The second-order valence-electron chi connectivity index (χ2n) is 6.74. The van der Waals surface area contributed by atoms with Crippen molar-refractivity contribution in [3.05, 3.63) is 77.7 Å². The average Bonchev–Trinajstić information content (AvgIpc) is 3.23. The Bertz CT molecular complexity index is 1100. The fourth-order valence-corrected chi connectivity index (χ4v) is 4.68. The summed E-state index contributed by atoms with van der Waals surface area (Å²) < 4.78 is 41.6. The van der Waals surface area contributed by atoms with Crippen LogP contribution in [0.3, 0.4) is 0 Å². The topological polar surface area (TPSA) is 90.7 Å². The molecule has 1 heterocycles. The molecule has 1 aromatic heterocycles. The summed E-state index contributed by atoms with van der Waals surface area (Å²) in [7, 11) is -3.19. The van der Waals surface area contributed by atoms with Gasteiger partial charge in [0, 0.05) is 22.9 Å². The summed E-state index contributed by atoms with van der Waals surface area (Å²) in [5.41, 5.74) is 2.59. The van der Waals surface area contributed by atoms with Crippen LogP contribution >= 0.6 is 7.60 Å². The number of halogens is 1. The fraction of sp³-hybridized carbons (Fsp3) is 0.217. The third-order valence-electron chi connectivity index (χ3n) is 4.37. The van der Waals surface area contributed by atoms with Gasteiger partial charge in [-0.05, 0) is 61.9 Å². The summed E-state index contributed by atoms with van der Waals surface area (Å²) in [4.78, 5) is 12.3. The van der Waals surface area contributed by atoms with Gasteiger partial charge in [0.15, 0.2) is 5.76 Å². The Kier molecular flexibility index (Phi) is 8.11. The summed E-state index contributed by atoms with van der Waals surface area (Å²) >= 11 is 0. The molecule has 0 fully saturated rings. The van der Waals surface area contributed by atoms with Crippen LogP contribution in [-0.2, 0) is 24.6 Å². The number of carbonyl (C=O) groups excluding carboxylic acids is 1. The third kappa shape index (κ3) is 6.47. The minimum Gasteiger partial charge on any atom is -0.356 e. The van der Waals surface area contributed by atoms with Gasteiger partial charge in [0.05, 0.1) is 25.6 Å². The molecule has 1 amide bonds. The van der Waals surface area contributed by atoms with Crippen LogP contribution in [0.5, 0.6) is 0 Å². The second-order valence-corrected chi connectivity index (χ2v) is 8.80. The first kappa shape index (κ1) is 23.6. The average molecular weight is 458 g/mol. The van der Waals surface area contributed by atoms with Crippen LogP contribution in [0.25, 0.3) is 17.4 Å². The van der Waals surface area contributed by atoms with Gasteiger partial charge in [0.1, 0.15) is 5.82 Å². The molecule has 7 nitrogen and oxygen atoms in total. The Morgan fingerprint density at radius 2 is 1.75 bits per heavy atom. The maximum absolute atomic E-state index is 13.1. The van der Waals surface area contributed by atoms with Crippen molar-refractivity contribution in [2.75, 3.05) is 18.5 Å². The molecule has 0 saturated heterocycles. The molecule has 0 unspecified atom stereocenters. The summed E-state index contributed by atoms with van der Waals surface area (Å²) in [5, 5.41) is 6.51. The SMILES string of the molecule is CCOP(=O)(Cc1ccc(NC(=O)/C=C/c2cnoc2-c2ccc(F)cc2)cc1)OCC. The monoisotopic (exact) mass is 458 g/mol. The van der Waals surface area contributed by atoms with Gasteiger partial charge in [0.25, 0.3) is 0 Å². The number of hydrogen-bond acceptors (Lipinski definition) is 6. The Balaban J connectivity index is 1.62. The molecule has 0 spiro atoms. The number of amides is 1. The minimum absolute atomic E-state index is 0.155. The van der Waals surface area contributed by atoms with Crippen LogP contribution in [0, 0.1) is 5.82 Å². The molecule has 3 aromatic rings. The van der Waals surface area contributed by atoms with E-state index in [0.29, 0.717) is 35.8 Å². The summed E-state index contributed by atoms with van der Waals surface area (Å²) in [6.07, 6.45) is 4.56. The van der Waals surface area contributed by atoms with Gasteiger partial charge in [0.2, 0.25) is 5.91 Å². The van der Waals surface area contributed by atoms with Gasteiger partial charge < -0.3 is 18.9 Å². The van der Waals surface area contributed by atoms with Gasteiger partial charge >= 0.3 is 7.60 Å². The summed E-state index contributed by atoms with van der Waals surface area (Å²) in [6.45, 7) is 4.12. The molecular weight excluding hydrogens is 434 g/mol. The van der Waals surface area contributed by atoms with E-state index in [9.17, 15) is 13.8 Å². The van der Waals surface area contributed by atoms with Gasteiger partial charge in [-0.25, -0.2) is 4.39 Å². The molecule has 0 radical (unpaired) electrons. The van der Waals surface area contributed by atoms with E-state index >= 15 is 0 Å². The zero-order valence-corrected chi connectivity index (χ0v) is 18.7. The number of nitrogens with zero attached hydrogens (tertiary/aromatic N) is 1. The lowest BCUT2D eigenvalue weighted by Crippen LogP contribution is -2.07. The Morgan fingerprint density at radius 1 is 1.09 bits per heavy atom. The lowest BCUT2D eigenvalue weighted by atomic mass is 10.1. The van der Waals surface area contributed by atoms with Crippen molar-refractivity contribution in [1.29, 1.82) is 0 Å². The molecule has 2 aromatic carbocycles. The molecule has 3 rings (SSSR count). The van der Waals surface area contributed by atoms with E-state index in [-0.39, 0.29) is 17.9 Å². The molecule has 0 aliphatic carbocycles. The number of nitrogens with one attached hydrogen (secondary N) is 1. The van der Waals surface area contributed by atoms with Crippen LogP contribution in [-0.4, -0.2) is 24.3 Å². The highest BCUT2D eigenvalue weighted by Crippen LogP contribution is 2.51. The van der Waals surface area contributed by atoms with Crippen LogP contribution < -0.4 is 5.32 Å². The van der Waals surface area contributed by atoms with E-state index in [0.717, 1.165) is 5.56 Å². The number of rotatable bonds is 10. The lowest BCUT2D eigenvalue weighted by Gasteiger charge is -2.17. The fourth-order valence-electron chi connectivity index (χ4n) is 2.97. The molecule has 1 N–H and O–H groups in total. The highest BCUT2D eigenvalue weighted by atomic mass is 31.2. The molecule has 32 heavy (non-hydrogen) atoms. The van der Waals surface area contributed by atoms with E-state index in [2.05, 4.69) is 10.5 Å². The van der Waals surface area contributed by atoms with E-state index in [1.165, 1.54) is 24.4 Å². The van der Waals surface area contributed by atoms with Gasteiger partial charge in [-0.1, -0.05) is 17.3 Å². The first-order valence-corrected chi connectivity index (χ1v) is 11.8. The lowest BCUT2D eigenvalue weighted by molar-refractivity contribution is -0.111. The van der Waals surface area contributed by atoms with Crippen LogP contribution in [0.15, 0.2) is 65.3 Å². The van der Waals surface area contributed by atoms with Crippen molar-refractivity contribution < 1.29 is 27.3 Å². The molecule has 0 aliphatic rings. The highest BCUT2D eigenvalue weighted by Gasteiger charge is 2.23. The van der Waals surface area contributed by atoms with Crippen molar-refractivity contribution in [3.63, 3.8) is 0 Å². The van der Waals surface area contributed by atoms with Crippen molar-refractivity contribution in [3.8, 4) is 11.3 Å². The van der Waals surface area contributed by atoms with Gasteiger partial charge in [-0.3, -0.25) is 9.36 Å². The molecule has 0 atom stereocenters. The number of benzene rings is 2. The Morgan fingerprint density at radius 3 is 2.38 bits per heavy atom. The Hall–Kier alpha value is -3.06. The normalized spacial score (nSPS) is 11.7. The zero-order valence-electron chi connectivity index (χ0n) is 17.8. The van der Waals surface area contributed by atoms with E-state index in [1.807, 2.05) is 0 Å². The third-order valence-corrected chi connectivity index (χ3v) is 6.42. The van der Waals surface area contributed by atoms with Crippen molar-refractivity contribution >= 4 is 25.3 Å². The maximum Gasteiger partial charge on any atom is 0.335 e.